The van der Waals surface area contributed by atoms with Crippen LogP contribution >= 0.6 is 11.8 Å². The number of hydrogen-bond acceptors (Lipinski definition) is 3. The molecule has 2 nitrogen and oxygen atoms in total. The fourth-order valence-electron chi connectivity index (χ4n) is 2.93. The lowest BCUT2D eigenvalue weighted by Gasteiger charge is -2.32. The Bertz CT molecular complexity index is 487. The van der Waals surface area contributed by atoms with E-state index in [9.17, 15) is 0 Å². The van der Waals surface area contributed by atoms with Gasteiger partial charge < -0.3 is 5.32 Å². The first-order chi connectivity index (χ1) is 9.17. The predicted molar refractivity (Wildman–Crippen MR) is 85.1 cm³/mol. The van der Waals surface area contributed by atoms with E-state index in [0.717, 1.165) is 16.8 Å². The molecule has 1 heterocycles. The van der Waals surface area contributed by atoms with Crippen molar-refractivity contribution in [3.05, 3.63) is 29.8 Å². The van der Waals surface area contributed by atoms with Gasteiger partial charge in [0, 0.05) is 11.4 Å². The Morgan fingerprint density at radius 1 is 1.26 bits per heavy atom. The summed E-state index contributed by atoms with van der Waals surface area (Å²) in [6, 6.07) is 8.43. The molecule has 0 unspecified atom stereocenters. The van der Waals surface area contributed by atoms with Crippen LogP contribution in [0.1, 0.15) is 38.2 Å². The van der Waals surface area contributed by atoms with Gasteiger partial charge in [-0.3, -0.25) is 4.99 Å². The normalized spacial score (nSPS) is 30.4. The van der Waals surface area contributed by atoms with Gasteiger partial charge >= 0.3 is 0 Å². The van der Waals surface area contributed by atoms with Gasteiger partial charge in [0.15, 0.2) is 5.17 Å². The summed E-state index contributed by atoms with van der Waals surface area (Å²) in [6.07, 6.45) is 5.20. The standard InChI is InChI=1S/C16H22N2S/c1-12-7-9-16(10-8-12)11-19-15(18-16)17-14-6-4-3-5-13(14)2/h3-6,12H,7-11H2,1-2H3,(H,17,18). The van der Waals surface area contributed by atoms with Gasteiger partial charge in [0.2, 0.25) is 0 Å². The number of amidine groups is 1. The fourth-order valence-corrected chi connectivity index (χ4v) is 4.13. The first-order valence-corrected chi connectivity index (χ1v) is 8.21. The molecule has 102 valence electrons. The third-order valence-corrected chi connectivity index (χ3v) is 5.56. The largest absolute Gasteiger partial charge is 0.335 e. The van der Waals surface area contributed by atoms with Gasteiger partial charge in [0.25, 0.3) is 0 Å². The summed E-state index contributed by atoms with van der Waals surface area (Å²) in [5, 5.41) is 4.62. The highest BCUT2D eigenvalue weighted by molar-refractivity contribution is 8.14. The van der Waals surface area contributed by atoms with Crippen molar-refractivity contribution in [3.63, 3.8) is 0 Å². The summed E-state index contributed by atoms with van der Waals surface area (Å²) in [6.45, 7) is 4.51. The van der Waals surface area contributed by atoms with E-state index in [0.29, 0.717) is 0 Å². The van der Waals surface area contributed by atoms with E-state index < -0.39 is 0 Å². The molecule has 0 saturated heterocycles. The Kier molecular flexibility index (Phi) is 3.57. The lowest BCUT2D eigenvalue weighted by atomic mass is 9.79. The van der Waals surface area contributed by atoms with Crippen molar-refractivity contribution in [1.29, 1.82) is 0 Å². The second kappa shape index (κ2) is 5.20. The maximum Gasteiger partial charge on any atom is 0.161 e. The molecular weight excluding hydrogens is 252 g/mol. The Hall–Kier alpha value is -0.960. The van der Waals surface area contributed by atoms with Gasteiger partial charge in [-0.25, -0.2) is 0 Å². The molecule has 1 aromatic carbocycles. The van der Waals surface area contributed by atoms with Crippen LogP contribution in [0.25, 0.3) is 0 Å². The smallest absolute Gasteiger partial charge is 0.161 e. The van der Waals surface area contributed by atoms with Crippen molar-refractivity contribution >= 4 is 22.6 Å². The quantitative estimate of drug-likeness (QED) is 0.817. The second-order valence-corrected chi connectivity index (χ2v) is 7.02. The highest BCUT2D eigenvalue weighted by atomic mass is 32.2. The molecule has 0 aromatic heterocycles. The van der Waals surface area contributed by atoms with Crippen molar-refractivity contribution in [2.75, 3.05) is 11.1 Å². The van der Waals surface area contributed by atoms with Crippen molar-refractivity contribution in [2.45, 2.75) is 45.1 Å². The van der Waals surface area contributed by atoms with Gasteiger partial charge in [-0.1, -0.05) is 36.9 Å². The molecule has 0 radical (unpaired) electrons. The number of anilines is 1. The van der Waals surface area contributed by atoms with Crippen LogP contribution in [0.2, 0.25) is 0 Å². The molecule has 0 bridgehead atoms. The number of hydrogen-bond donors (Lipinski definition) is 1. The summed E-state index contributed by atoms with van der Waals surface area (Å²) in [5.74, 6) is 2.05. The van der Waals surface area contributed by atoms with Crippen molar-refractivity contribution in [3.8, 4) is 0 Å². The molecule has 3 heteroatoms. The van der Waals surface area contributed by atoms with E-state index in [-0.39, 0.29) is 5.54 Å². The van der Waals surface area contributed by atoms with E-state index in [2.05, 4.69) is 43.4 Å². The van der Waals surface area contributed by atoms with E-state index in [1.54, 1.807) is 0 Å². The molecule has 2 aliphatic rings. The molecule has 1 spiro atoms. The Labute approximate surface area is 120 Å². The fraction of sp³-hybridized carbons (Fsp3) is 0.562. The maximum absolute atomic E-state index is 5.02. The number of nitrogens with zero attached hydrogens (tertiary/aromatic N) is 1. The van der Waals surface area contributed by atoms with Gasteiger partial charge in [-0.05, 0) is 50.2 Å². The minimum atomic E-state index is 0.238. The zero-order valence-electron chi connectivity index (χ0n) is 11.8. The van der Waals surface area contributed by atoms with Crippen LogP contribution in [0.3, 0.4) is 0 Å². The minimum absolute atomic E-state index is 0.238. The molecule has 1 N–H and O–H groups in total. The molecule has 1 saturated carbocycles. The van der Waals surface area contributed by atoms with E-state index in [4.69, 9.17) is 4.99 Å². The zero-order valence-corrected chi connectivity index (χ0v) is 12.6. The first kappa shape index (κ1) is 13.0. The van der Waals surface area contributed by atoms with Crippen LogP contribution in [-0.2, 0) is 0 Å². The molecule has 1 fully saturated rings. The SMILES string of the molecule is Cc1ccccc1NC1=NC2(CCC(C)CC2)CS1. The minimum Gasteiger partial charge on any atom is -0.335 e. The lowest BCUT2D eigenvalue weighted by molar-refractivity contribution is 0.273. The first-order valence-electron chi connectivity index (χ1n) is 7.22. The Morgan fingerprint density at radius 3 is 2.74 bits per heavy atom. The molecule has 0 amide bonds. The summed E-state index contributed by atoms with van der Waals surface area (Å²) in [7, 11) is 0. The second-order valence-electron chi connectivity index (χ2n) is 6.05. The molecule has 3 rings (SSSR count). The highest BCUT2D eigenvalue weighted by Crippen LogP contribution is 2.41. The summed E-state index contributed by atoms with van der Waals surface area (Å²) < 4.78 is 0. The molecule has 1 aliphatic carbocycles. The predicted octanol–water partition coefficient (Wildman–Crippen LogP) is 4.46. The number of para-hydroxylation sites is 1. The van der Waals surface area contributed by atoms with Gasteiger partial charge in [-0.15, -0.1) is 0 Å². The number of aryl methyl sites for hydroxylation is 1. The average molecular weight is 274 g/mol. The third kappa shape index (κ3) is 2.81. The molecular formula is C16H22N2S. The number of nitrogens with one attached hydrogen (secondary N) is 1. The van der Waals surface area contributed by atoms with Crippen LogP contribution in [0.4, 0.5) is 5.69 Å². The third-order valence-electron chi connectivity index (χ3n) is 4.41. The van der Waals surface area contributed by atoms with Gasteiger partial charge in [0.1, 0.15) is 0 Å². The van der Waals surface area contributed by atoms with Crippen LogP contribution in [0.5, 0.6) is 0 Å². The zero-order chi connectivity index (χ0) is 13.3. The van der Waals surface area contributed by atoms with Crippen molar-refractivity contribution < 1.29 is 0 Å². The summed E-state index contributed by atoms with van der Waals surface area (Å²) in [4.78, 5) is 5.02. The Morgan fingerprint density at radius 2 is 2.00 bits per heavy atom. The number of benzene rings is 1. The molecule has 0 atom stereocenters. The lowest BCUT2D eigenvalue weighted by Crippen LogP contribution is -2.32. The number of aliphatic imine (C=N–C) groups is 1. The Balaban J connectivity index is 1.72. The number of thioether (sulfide) groups is 1. The summed E-state index contributed by atoms with van der Waals surface area (Å²) in [5.41, 5.74) is 2.71. The average Bonchev–Trinajstić information content (AvgIpc) is 2.80. The van der Waals surface area contributed by atoms with Crippen LogP contribution in [0, 0.1) is 12.8 Å². The van der Waals surface area contributed by atoms with Gasteiger partial charge in [-0.2, -0.15) is 0 Å². The molecule has 1 aromatic rings. The highest BCUT2D eigenvalue weighted by Gasteiger charge is 2.38. The van der Waals surface area contributed by atoms with Crippen molar-refractivity contribution in [1.82, 2.24) is 0 Å². The monoisotopic (exact) mass is 274 g/mol. The maximum atomic E-state index is 5.02. The summed E-state index contributed by atoms with van der Waals surface area (Å²) >= 11 is 1.89. The van der Waals surface area contributed by atoms with Gasteiger partial charge in [0.05, 0.1) is 5.54 Å². The van der Waals surface area contributed by atoms with Crippen molar-refractivity contribution in [2.24, 2.45) is 10.9 Å². The van der Waals surface area contributed by atoms with E-state index in [1.165, 1.54) is 36.9 Å². The van der Waals surface area contributed by atoms with E-state index >= 15 is 0 Å². The number of rotatable bonds is 1. The van der Waals surface area contributed by atoms with Crippen LogP contribution in [0.15, 0.2) is 29.3 Å². The topological polar surface area (TPSA) is 24.4 Å². The molecule has 1 aliphatic heterocycles. The molecule has 19 heavy (non-hydrogen) atoms. The van der Waals surface area contributed by atoms with E-state index in [1.807, 2.05) is 11.8 Å². The van der Waals surface area contributed by atoms with Crippen LogP contribution in [-0.4, -0.2) is 16.5 Å². The van der Waals surface area contributed by atoms with Crippen LogP contribution < -0.4 is 5.32 Å².